The highest BCUT2D eigenvalue weighted by atomic mass is 16.2. The van der Waals surface area contributed by atoms with Crippen LogP contribution in [0.2, 0.25) is 0 Å². The predicted molar refractivity (Wildman–Crippen MR) is 86.9 cm³/mol. The van der Waals surface area contributed by atoms with E-state index in [0.717, 1.165) is 31.6 Å². The van der Waals surface area contributed by atoms with Crippen LogP contribution in [-0.4, -0.2) is 27.5 Å². The number of amides is 1. The van der Waals surface area contributed by atoms with Gasteiger partial charge in [0.25, 0.3) is 11.5 Å². The van der Waals surface area contributed by atoms with Gasteiger partial charge in [-0.25, -0.2) is 0 Å². The lowest BCUT2D eigenvalue weighted by Gasteiger charge is -2.37. The van der Waals surface area contributed by atoms with Crippen LogP contribution in [0.1, 0.15) is 62.2 Å². The van der Waals surface area contributed by atoms with Crippen LogP contribution in [0.25, 0.3) is 0 Å². The summed E-state index contributed by atoms with van der Waals surface area (Å²) in [5, 5.41) is 0. The fraction of sp³-hybridized carbons (Fsp3) is 0.667. The highest BCUT2D eigenvalue weighted by molar-refractivity contribution is 5.94. The Morgan fingerprint density at radius 1 is 1.18 bits per heavy atom. The van der Waals surface area contributed by atoms with Crippen molar-refractivity contribution < 1.29 is 4.79 Å². The van der Waals surface area contributed by atoms with Crippen molar-refractivity contribution in [2.24, 2.45) is 13.0 Å². The van der Waals surface area contributed by atoms with Gasteiger partial charge in [-0.3, -0.25) is 9.59 Å². The Labute approximate surface area is 132 Å². The minimum atomic E-state index is -0.115. The van der Waals surface area contributed by atoms with Crippen molar-refractivity contribution in [2.45, 2.75) is 64.0 Å². The molecule has 22 heavy (non-hydrogen) atoms. The topological polar surface area (TPSA) is 42.3 Å². The van der Waals surface area contributed by atoms with E-state index >= 15 is 0 Å². The Kier molecular flexibility index (Phi) is 4.37. The maximum absolute atomic E-state index is 12.9. The Hall–Kier alpha value is -1.58. The van der Waals surface area contributed by atoms with Gasteiger partial charge in [-0.15, -0.1) is 0 Å². The number of rotatable bonds is 4. The summed E-state index contributed by atoms with van der Waals surface area (Å²) in [5.41, 5.74) is 0.434. The lowest BCUT2D eigenvalue weighted by atomic mass is 9.83. The predicted octanol–water partition coefficient (Wildman–Crippen LogP) is 2.96. The fourth-order valence-electron chi connectivity index (χ4n) is 3.64. The van der Waals surface area contributed by atoms with Gasteiger partial charge in [0.1, 0.15) is 0 Å². The van der Waals surface area contributed by atoms with Crippen molar-refractivity contribution in [3.8, 4) is 0 Å². The van der Waals surface area contributed by atoms with Crippen LogP contribution in [0.3, 0.4) is 0 Å². The summed E-state index contributed by atoms with van der Waals surface area (Å²) in [5.74, 6) is 0.886. The third kappa shape index (κ3) is 3.11. The van der Waals surface area contributed by atoms with Crippen LogP contribution >= 0.6 is 0 Å². The number of aryl methyl sites for hydroxylation is 1. The van der Waals surface area contributed by atoms with Crippen molar-refractivity contribution in [2.75, 3.05) is 0 Å². The van der Waals surface area contributed by atoms with Crippen LogP contribution in [0.5, 0.6) is 0 Å². The normalized spacial score (nSPS) is 25.0. The first kappa shape index (κ1) is 15.3. The van der Waals surface area contributed by atoms with Crippen LogP contribution in [0.15, 0.2) is 23.1 Å². The molecular weight excluding hydrogens is 276 g/mol. The number of carbonyl (C=O) groups excluding carboxylic acids is 1. The summed E-state index contributed by atoms with van der Waals surface area (Å²) in [4.78, 5) is 26.8. The molecule has 0 radical (unpaired) electrons. The number of pyridine rings is 1. The summed E-state index contributed by atoms with van der Waals surface area (Å²) in [6.45, 7) is 2.26. The third-order valence-corrected chi connectivity index (χ3v) is 5.31. The smallest absolute Gasteiger partial charge is 0.254 e. The molecule has 120 valence electrons. The zero-order valence-electron chi connectivity index (χ0n) is 13.6. The van der Waals surface area contributed by atoms with Crippen LogP contribution in [0.4, 0.5) is 0 Å². The van der Waals surface area contributed by atoms with Crippen molar-refractivity contribution in [1.82, 2.24) is 9.47 Å². The average molecular weight is 302 g/mol. The lowest BCUT2D eigenvalue weighted by molar-refractivity contribution is 0.0587. The summed E-state index contributed by atoms with van der Waals surface area (Å²) in [7, 11) is 1.71. The molecule has 1 heterocycles. The quantitative estimate of drug-likeness (QED) is 0.858. The van der Waals surface area contributed by atoms with Gasteiger partial charge < -0.3 is 9.47 Å². The molecule has 0 atom stereocenters. The summed E-state index contributed by atoms with van der Waals surface area (Å²) < 4.78 is 1.50. The molecule has 0 saturated heterocycles. The van der Waals surface area contributed by atoms with Crippen molar-refractivity contribution in [1.29, 1.82) is 0 Å². The van der Waals surface area contributed by atoms with Gasteiger partial charge in [0.2, 0.25) is 0 Å². The van der Waals surface area contributed by atoms with Crippen LogP contribution in [-0.2, 0) is 7.05 Å². The zero-order chi connectivity index (χ0) is 15.7. The second-order valence-electron chi connectivity index (χ2n) is 6.89. The molecule has 4 nitrogen and oxygen atoms in total. The highest BCUT2D eigenvalue weighted by Crippen LogP contribution is 2.36. The molecule has 0 spiro atoms. The first-order chi connectivity index (χ1) is 10.6. The van der Waals surface area contributed by atoms with Crippen LogP contribution in [0, 0.1) is 5.92 Å². The lowest BCUT2D eigenvalue weighted by Crippen LogP contribution is -2.44. The molecule has 2 aliphatic carbocycles. The van der Waals surface area contributed by atoms with Gasteiger partial charge in [-0.1, -0.05) is 13.3 Å². The number of carbonyl (C=O) groups is 1. The van der Waals surface area contributed by atoms with E-state index in [1.54, 1.807) is 19.3 Å². The molecule has 3 rings (SSSR count). The first-order valence-corrected chi connectivity index (χ1v) is 8.59. The average Bonchev–Trinajstić information content (AvgIpc) is 3.35. The van der Waals surface area contributed by atoms with E-state index < -0.39 is 0 Å². The van der Waals surface area contributed by atoms with E-state index in [1.807, 2.05) is 0 Å². The van der Waals surface area contributed by atoms with Crippen molar-refractivity contribution in [3.05, 3.63) is 34.2 Å². The molecule has 0 N–H and O–H groups in total. The van der Waals surface area contributed by atoms with Crippen LogP contribution < -0.4 is 5.56 Å². The largest absolute Gasteiger partial charge is 0.333 e. The monoisotopic (exact) mass is 302 g/mol. The standard InChI is InChI=1S/C18H26N2O2/c1-3-13-4-6-15(7-5-13)20(16-8-9-16)18(22)14-10-11-19(2)17(21)12-14/h10-13,15-16H,3-9H2,1-2H3. The molecule has 2 saturated carbocycles. The van der Waals surface area contributed by atoms with Gasteiger partial charge in [-0.2, -0.15) is 0 Å². The molecule has 0 aromatic carbocycles. The van der Waals surface area contributed by atoms with Gasteiger partial charge >= 0.3 is 0 Å². The molecule has 0 aliphatic heterocycles. The Balaban J connectivity index is 1.77. The summed E-state index contributed by atoms with van der Waals surface area (Å²) in [6.07, 6.45) is 9.86. The molecule has 1 amide bonds. The van der Waals surface area contributed by atoms with Gasteiger partial charge in [-0.05, 0) is 50.5 Å². The highest BCUT2D eigenvalue weighted by Gasteiger charge is 2.39. The molecule has 0 unspecified atom stereocenters. The van der Waals surface area contributed by atoms with Crippen molar-refractivity contribution >= 4 is 5.91 Å². The molecule has 4 heteroatoms. The molecular formula is C18H26N2O2. The maximum atomic E-state index is 12.9. The molecule has 1 aromatic heterocycles. The third-order valence-electron chi connectivity index (χ3n) is 5.31. The minimum Gasteiger partial charge on any atom is -0.333 e. The molecule has 0 bridgehead atoms. The second-order valence-corrected chi connectivity index (χ2v) is 6.89. The first-order valence-electron chi connectivity index (χ1n) is 8.59. The molecule has 1 aromatic rings. The maximum Gasteiger partial charge on any atom is 0.254 e. The van der Waals surface area contributed by atoms with E-state index in [-0.39, 0.29) is 11.5 Å². The summed E-state index contributed by atoms with van der Waals surface area (Å²) in [6, 6.07) is 4.03. The number of hydrogen-bond acceptors (Lipinski definition) is 2. The number of hydrogen-bond donors (Lipinski definition) is 0. The zero-order valence-corrected chi connectivity index (χ0v) is 13.6. The van der Waals surface area contributed by atoms with E-state index in [2.05, 4.69) is 11.8 Å². The van der Waals surface area contributed by atoms with E-state index in [9.17, 15) is 9.59 Å². The molecule has 2 fully saturated rings. The number of nitrogens with zero attached hydrogens (tertiary/aromatic N) is 2. The summed E-state index contributed by atoms with van der Waals surface area (Å²) >= 11 is 0. The van der Waals surface area contributed by atoms with E-state index in [0.29, 0.717) is 17.6 Å². The Bertz CT molecular complexity index is 595. The second kappa shape index (κ2) is 6.27. The fourth-order valence-corrected chi connectivity index (χ4v) is 3.64. The SMILES string of the molecule is CCC1CCC(N(C(=O)c2ccn(C)c(=O)c2)C2CC2)CC1. The number of aromatic nitrogens is 1. The van der Waals surface area contributed by atoms with Crippen molar-refractivity contribution in [3.63, 3.8) is 0 Å². The Morgan fingerprint density at radius 3 is 2.27 bits per heavy atom. The van der Waals surface area contributed by atoms with E-state index in [4.69, 9.17) is 0 Å². The Morgan fingerprint density at radius 2 is 1.77 bits per heavy atom. The molecule has 2 aliphatic rings. The van der Waals surface area contributed by atoms with E-state index in [1.165, 1.54) is 29.9 Å². The minimum absolute atomic E-state index is 0.0557. The van der Waals surface area contributed by atoms with Gasteiger partial charge in [0.15, 0.2) is 0 Å². The van der Waals surface area contributed by atoms with Gasteiger partial charge in [0.05, 0.1) is 0 Å². The van der Waals surface area contributed by atoms with Gasteiger partial charge in [0, 0.05) is 37.0 Å².